The van der Waals surface area contributed by atoms with Crippen LogP contribution in [0.4, 0.5) is 26.3 Å². The zero-order chi connectivity index (χ0) is 10.9. The predicted molar refractivity (Wildman–Crippen MR) is 27.8 cm³/mol. The fourth-order valence-electron chi connectivity index (χ4n) is 0.288. The summed E-state index contributed by atoms with van der Waals surface area (Å²) in [4.78, 5) is 9.86. The van der Waals surface area contributed by atoms with Gasteiger partial charge < -0.3 is 5.11 Å². The van der Waals surface area contributed by atoms with Crippen LogP contribution in [0.5, 0.6) is 0 Å². The molecule has 0 radical (unpaired) electrons. The Morgan fingerprint density at radius 1 is 1.00 bits per heavy atom. The molecule has 80 valence electrons. The molecule has 0 aromatic rings. The molecule has 0 spiro atoms. The number of carbonyl (C=O) groups excluding carboxylic acids is 1. The van der Waals surface area contributed by atoms with Gasteiger partial charge >= 0.3 is 12.4 Å². The summed E-state index contributed by atoms with van der Waals surface area (Å²) in [6.07, 6.45) is -11.7. The number of alkyl halides is 6. The van der Waals surface area contributed by atoms with Crippen molar-refractivity contribution in [3.05, 3.63) is 11.8 Å². The minimum atomic E-state index is -5.42. The summed E-state index contributed by atoms with van der Waals surface area (Å²) >= 11 is 0. The van der Waals surface area contributed by atoms with E-state index in [0.717, 1.165) is 0 Å². The van der Waals surface area contributed by atoms with Gasteiger partial charge in [-0.1, -0.05) is 0 Å². The fraction of sp³-hybridized carbons (Fsp3) is 0.400. The molecule has 0 heterocycles. The molecular weight excluding hydrogens is 346 g/mol. The monoisotopic (exact) mass is 348 g/mol. The molecule has 0 unspecified atom stereocenters. The van der Waals surface area contributed by atoms with Crippen molar-refractivity contribution in [1.82, 2.24) is 0 Å². The standard InChI is InChI=1S/C5H2F6O2.Ce/c6-4(7,8)2(12)1-3(13)5(9,10)11;/h1,12H;/b2-1-;. The molecule has 0 aliphatic rings. The smallest absolute Gasteiger partial charge is 0.454 e. The Morgan fingerprint density at radius 2 is 1.36 bits per heavy atom. The van der Waals surface area contributed by atoms with Crippen molar-refractivity contribution in [2.75, 3.05) is 0 Å². The zero-order valence-electron chi connectivity index (χ0n) is 6.20. The summed E-state index contributed by atoms with van der Waals surface area (Å²) in [5.74, 6) is -5.34. The Hall–Kier alpha value is 0.167. The van der Waals surface area contributed by atoms with Gasteiger partial charge in [0.2, 0.25) is 5.76 Å². The van der Waals surface area contributed by atoms with Gasteiger partial charge in [-0.3, -0.25) is 4.79 Å². The van der Waals surface area contributed by atoms with Crippen molar-refractivity contribution in [3.63, 3.8) is 0 Å². The van der Waals surface area contributed by atoms with Crippen LogP contribution in [-0.4, -0.2) is 23.2 Å². The largest absolute Gasteiger partial charge is 0.504 e. The number of allylic oxidation sites excluding steroid dienone is 2. The third kappa shape index (κ3) is 5.80. The molecule has 0 saturated heterocycles. The number of halogens is 6. The average molecular weight is 348 g/mol. The molecule has 14 heavy (non-hydrogen) atoms. The predicted octanol–water partition coefficient (Wildman–Crippen LogP) is 2.12. The molecule has 2 nitrogen and oxygen atoms in total. The summed E-state index contributed by atoms with van der Waals surface area (Å²) in [7, 11) is 0. The van der Waals surface area contributed by atoms with Crippen LogP contribution in [0.2, 0.25) is 0 Å². The van der Waals surface area contributed by atoms with Crippen LogP contribution in [-0.2, 0) is 4.79 Å². The van der Waals surface area contributed by atoms with E-state index in [0.29, 0.717) is 0 Å². The number of hydrogen-bond acceptors (Lipinski definition) is 2. The summed E-state index contributed by atoms with van der Waals surface area (Å²) in [5.41, 5.74) is 0. The van der Waals surface area contributed by atoms with Crippen molar-refractivity contribution < 1.29 is 78.0 Å². The molecule has 0 aliphatic carbocycles. The molecule has 0 atom stereocenters. The summed E-state index contributed by atoms with van der Waals surface area (Å²) in [6.45, 7) is 0. The second-order valence-electron chi connectivity index (χ2n) is 1.89. The SMILES string of the molecule is O=C(/C=C(\O)C(F)(F)F)C(F)(F)F.[Ce]. The first-order chi connectivity index (χ1) is 5.55. The number of rotatable bonds is 1. The molecule has 0 aliphatic heterocycles. The third-order valence-corrected chi connectivity index (χ3v) is 0.838. The molecule has 0 aromatic carbocycles. The molecule has 1 N–H and O–H groups in total. The first-order valence-electron chi connectivity index (χ1n) is 2.64. The van der Waals surface area contributed by atoms with Crippen molar-refractivity contribution in [3.8, 4) is 0 Å². The van der Waals surface area contributed by atoms with Crippen LogP contribution in [0.25, 0.3) is 0 Å². The quantitative estimate of drug-likeness (QED) is 0.448. The van der Waals surface area contributed by atoms with Gasteiger partial charge in [0.15, 0.2) is 0 Å². The fourth-order valence-corrected chi connectivity index (χ4v) is 0.288. The number of aliphatic hydroxyl groups excluding tert-OH is 1. The number of hydrogen-bond donors (Lipinski definition) is 1. The van der Waals surface area contributed by atoms with Crippen molar-refractivity contribution in [2.24, 2.45) is 0 Å². The van der Waals surface area contributed by atoms with Crippen LogP contribution in [0, 0.1) is 41.7 Å². The first kappa shape index (κ1) is 16.6. The van der Waals surface area contributed by atoms with E-state index in [-0.39, 0.29) is 41.7 Å². The summed E-state index contributed by atoms with van der Waals surface area (Å²) < 4.78 is 68.1. The second kappa shape index (κ2) is 5.31. The van der Waals surface area contributed by atoms with Gasteiger partial charge in [-0.2, -0.15) is 26.3 Å². The Bertz CT molecular complexity index is 240. The van der Waals surface area contributed by atoms with Gasteiger partial charge in [0.1, 0.15) is 0 Å². The minimum Gasteiger partial charge on any atom is -0.504 e. The maximum atomic E-state index is 11.4. The van der Waals surface area contributed by atoms with E-state index >= 15 is 0 Å². The summed E-state index contributed by atoms with van der Waals surface area (Å²) in [5, 5.41) is 7.93. The third-order valence-electron chi connectivity index (χ3n) is 0.838. The maximum absolute atomic E-state index is 11.4. The van der Waals surface area contributed by atoms with Crippen LogP contribution in [0.3, 0.4) is 0 Å². The van der Waals surface area contributed by atoms with Gasteiger partial charge in [-0.05, 0) is 0 Å². The molecule has 9 heteroatoms. The number of ketones is 1. The summed E-state index contributed by atoms with van der Waals surface area (Å²) in [6, 6.07) is 0. The van der Waals surface area contributed by atoms with Crippen molar-refractivity contribution in [1.29, 1.82) is 0 Å². The average Bonchev–Trinajstić information content (AvgIpc) is 1.82. The Balaban J connectivity index is 0. The van der Waals surface area contributed by atoms with E-state index in [2.05, 4.69) is 0 Å². The normalized spacial score (nSPS) is 13.4. The Labute approximate surface area is 107 Å². The zero-order valence-corrected chi connectivity index (χ0v) is 9.34. The van der Waals surface area contributed by atoms with E-state index in [1.54, 1.807) is 0 Å². The molecular formula is C5H2CeF6O2. The number of aliphatic hydroxyl groups is 1. The van der Waals surface area contributed by atoms with E-state index in [1.165, 1.54) is 0 Å². The molecule has 0 amide bonds. The van der Waals surface area contributed by atoms with E-state index in [9.17, 15) is 31.1 Å². The van der Waals surface area contributed by atoms with Crippen molar-refractivity contribution in [2.45, 2.75) is 12.4 Å². The van der Waals surface area contributed by atoms with Gasteiger partial charge in [-0.25, -0.2) is 0 Å². The Kier molecular flexibility index (Phi) is 6.29. The first-order valence-corrected chi connectivity index (χ1v) is 2.64. The Morgan fingerprint density at radius 3 is 1.57 bits per heavy atom. The van der Waals surface area contributed by atoms with Gasteiger partial charge in [0, 0.05) is 47.8 Å². The van der Waals surface area contributed by atoms with Crippen LogP contribution in [0.15, 0.2) is 11.8 Å². The number of carbonyl (C=O) groups is 1. The van der Waals surface area contributed by atoms with Crippen LogP contribution < -0.4 is 0 Å². The van der Waals surface area contributed by atoms with E-state index in [4.69, 9.17) is 5.11 Å². The molecule has 0 rings (SSSR count). The molecule has 0 saturated carbocycles. The van der Waals surface area contributed by atoms with Crippen LogP contribution in [0.1, 0.15) is 0 Å². The molecule has 0 fully saturated rings. The molecule has 0 aromatic heterocycles. The van der Waals surface area contributed by atoms with Gasteiger partial charge in [-0.15, -0.1) is 0 Å². The maximum Gasteiger partial charge on any atom is 0.454 e. The van der Waals surface area contributed by atoms with Gasteiger partial charge in [0.25, 0.3) is 5.78 Å². The van der Waals surface area contributed by atoms with Gasteiger partial charge in [0.05, 0.1) is 0 Å². The van der Waals surface area contributed by atoms with E-state index < -0.39 is 30.0 Å². The minimum absolute atomic E-state index is 0. The van der Waals surface area contributed by atoms with E-state index in [1.807, 2.05) is 0 Å². The van der Waals surface area contributed by atoms with Crippen molar-refractivity contribution >= 4 is 5.78 Å². The molecule has 0 bridgehead atoms. The second-order valence-corrected chi connectivity index (χ2v) is 1.89. The van der Waals surface area contributed by atoms with Crippen LogP contribution >= 0.6 is 0 Å². The topological polar surface area (TPSA) is 37.3 Å².